The summed E-state index contributed by atoms with van der Waals surface area (Å²) in [7, 11) is 3.89. The lowest BCUT2D eigenvalue weighted by Gasteiger charge is -2.11. The Morgan fingerprint density at radius 3 is 2.87 bits per heavy atom. The van der Waals surface area contributed by atoms with Crippen molar-refractivity contribution >= 4 is 22.0 Å². The van der Waals surface area contributed by atoms with Gasteiger partial charge in [0.1, 0.15) is 0 Å². The first-order valence-electron chi connectivity index (χ1n) is 4.25. The number of halogens is 1. The summed E-state index contributed by atoms with van der Waals surface area (Å²) < 4.78 is 5.55. The smallest absolute Gasteiger partial charge is 0.391 e. The molecule has 0 aromatic carbocycles. The molecule has 1 amide bonds. The monoisotopic (exact) mass is 273 g/mol. The van der Waals surface area contributed by atoms with Crippen LogP contribution in [0.2, 0.25) is 0 Å². The maximum absolute atomic E-state index is 10.5. The molecule has 0 radical (unpaired) electrons. The summed E-state index contributed by atoms with van der Waals surface area (Å²) in [6, 6.07) is 1.68. The Labute approximate surface area is 96.4 Å². The number of hydrogen-bond acceptors (Lipinski definition) is 4. The van der Waals surface area contributed by atoms with Crippen LogP contribution in [0.15, 0.2) is 16.7 Å². The Bertz CT molecular complexity index is 368. The minimum absolute atomic E-state index is 0.211. The van der Waals surface area contributed by atoms with Gasteiger partial charge in [-0.2, -0.15) is 0 Å². The highest BCUT2D eigenvalue weighted by atomic mass is 79.9. The highest BCUT2D eigenvalue weighted by Gasteiger charge is 2.06. The molecule has 0 aliphatic heterocycles. The number of aromatic nitrogens is 1. The van der Waals surface area contributed by atoms with E-state index in [9.17, 15) is 4.79 Å². The van der Waals surface area contributed by atoms with Crippen LogP contribution in [-0.4, -0.2) is 30.1 Å². The number of carbonyl (C=O) groups excluding carboxylic acids is 1. The zero-order chi connectivity index (χ0) is 11.4. The number of amides is 1. The van der Waals surface area contributed by atoms with Crippen molar-refractivity contribution in [2.45, 2.75) is 6.54 Å². The number of ether oxygens (including phenoxy) is 1. The summed E-state index contributed by atoms with van der Waals surface area (Å²) in [4.78, 5) is 16.4. The van der Waals surface area contributed by atoms with E-state index in [0.29, 0.717) is 0 Å². The third-order valence-electron chi connectivity index (χ3n) is 1.60. The molecule has 82 valence electrons. The van der Waals surface area contributed by atoms with Crippen LogP contribution in [0.3, 0.4) is 0 Å². The molecule has 0 aliphatic carbocycles. The van der Waals surface area contributed by atoms with Crippen LogP contribution in [-0.2, 0) is 6.54 Å². The first kappa shape index (κ1) is 11.9. The third kappa shape index (κ3) is 3.85. The largest absolute Gasteiger partial charge is 0.411 e. The Balaban J connectivity index is 2.89. The molecule has 0 spiro atoms. The van der Waals surface area contributed by atoms with Gasteiger partial charge >= 0.3 is 6.09 Å². The van der Waals surface area contributed by atoms with E-state index in [1.165, 1.54) is 0 Å². The molecule has 0 atom stereocenters. The van der Waals surface area contributed by atoms with Crippen LogP contribution in [0.25, 0.3) is 0 Å². The Morgan fingerprint density at radius 2 is 2.33 bits per heavy atom. The lowest BCUT2D eigenvalue weighted by molar-refractivity contribution is 0.209. The molecule has 1 aromatic rings. The fourth-order valence-electron chi connectivity index (χ4n) is 1.08. The molecule has 1 aromatic heterocycles. The van der Waals surface area contributed by atoms with Crippen molar-refractivity contribution in [3.8, 4) is 5.88 Å². The lowest BCUT2D eigenvalue weighted by Crippen LogP contribution is -2.17. The molecular formula is C9H12BrN3O2. The van der Waals surface area contributed by atoms with Crippen LogP contribution >= 0.6 is 15.9 Å². The van der Waals surface area contributed by atoms with Gasteiger partial charge in [0.2, 0.25) is 5.88 Å². The topological polar surface area (TPSA) is 68.5 Å². The van der Waals surface area contributed by atoms with Crippen molar-refractivity contribution < 1.29 is 9.53 Å². The van der Waals surface area contributed by atoms with Crippen LogP contribution in [0.5, 0.6) is 5.88 Å². The minimum atomic E-state index is -0.861. The first-order valence-corrected chi connectivity index (χ1v) is 5.05. The Hall–Kier alpha value is -1.14. The molecule has 2 N–H and O–H groups in total. The van der Waals surface area contributed by atoms with E-state index < -0.39 is 6.09 Å². The van der Waals surface area contributed by atoms with Gasteiger partial charge in [0.05, 0.1) is 0 Å². The second-order valence-electron chi connectivity index (χ2n) is 3.27. The van der Waals surface area contributed by atoms with Gasteiger partial charge in [-0.3, -0.25) is 0 Å². The predicted molar refractivity (Wildman–Crippen MR) is 59.5 cm³/mol. The van der Waals surface area contributed by atoms with E-state index in [0.717, 1.165) is 16.6 Å². The maximum atomic E-state index is 10.5. The summed E-state index contributed by atoms with van der Waals surface area (Å²) >= 11 is 3.36. The minimum Gasteiger partial charge on any atom is -0.391 e. The highest BCUT2D eigenvalue weighted by Crippen LogP contribution is 2.20. The second kappa shape index (κ2) is 5.09. The fourth-order valence-corrected chi connectivity index (χ4v) is 1.42. The average molecular weight is 274 g/mol. The van der Waals surface area contributed by atoms with Crippen LogP contribution in [0.4, 0.5) is 4.79 Å². The summed E-state index contributed by atoms with van der Waals surface area (Å²) in [5.74, 6) is 0.211. The summed E-state index contributed by atoms with van der Waals surface area (Å²) in [6.07, 6.45) is 0.720. The number of carbonyl (C=O) groups is 1. The Kier molecular flexibility index (Phi) is 4.05. The summed E-state index contributed by atoms with van der Waals surface area (Å²) in [6.45, 7) is 0.720. The van der Waals surface area contributed by atoms with Gasteiger partial charge in [-0.15, -0.1) is 0 Å². The van der Waals surface area contributed by atoms with Gasteiger partial charge in [-0.1, -0.05) is 0 Å². The van der Waals surface area contributed by atoms with Crippen molar-refractivity contribution in [3.05, 3.63) is 22.3 Å². The van der Waals surface area contributed by atoms with Gasteiger partial charge in [0.25, 0.3) is 0 Å². The van der Waals surface area contributed by atoms with E-state index in [1.54, 1.807) is 12.3 Å². The molecule has 5 nitrogen and oxygen atoms in total. The quantitative estimate of drug-likeness (QED) is 0.903. The Morgan fingerprint density at radius 1 is 1.67 bits per heavy atom. The molecule has 0 aliphatic rings. The van der Waals surface area contributed by atoms with Gasteiger partial charge in [-0.05, 0) is 35.6 Å². The standard InChI is InChI=1S/C9H12BrN3O2/c1-13(2)5-6-3-8(15-9(11)14)12-4-7(6)10/h3-4H,5H2,1-2H3,(H2,11,14). The zero-order valence-corrected chi connectivity index (χ0v) is 10.1. The number of rotatable bonds is 3. The van der Waals surface area contributed by atoms with Crippen molar-refractivity contribution in [2.75, 3.05) is 14.1 Å². The number of hydrogen-bond donors (Lipinski definition) is 1. The van der Waals surface area contributed by atoms with Crippen LogP contribution < -0.4 is 10.5 Å². The van der Waals surface area contributed by atoms with Gasteiger partial charge in [0, 0.05) is 23.3 Å². The zero-order valence-electron chi connectivity index (χ0n) is 8.53. The second-order valence-corrected chi connectivity index (χ2v) is 4.13. The number of pyridine rings is 1. The molecule has 0 unspecified atom stereocenters. The van der Waals surface area contributed by atoms with Crippen LogP contribution in [0.1, 0.15) is 5.56 Å². The number of nitrogens with zero attached hydrogens (tertiary/aromatic N) is 2. The average Bonchev–Trinajstić information content (AvgIpc) is 2.09. The van der Waals surface area contributed by atoms with Gasteiger partial charge < -0.3 is 15.4 Å². The third-order valence-corrected chi connectivity index (χ3v) is 2.32. The maximum Gasteiger partial charge on any atom is 0.411 e. The van der Waals surface area contributed by atoms with E-state index in [2.05, 4.69) is 25.7 Å². The van der Waals surface area contributed by atoms with Crippen LogP contribution in [0, 0.1) is 0 Å². The molecule has 0 saturated carbocycles. The van der Waals surface area contributed by atoms with E-state index in [1.807, 2.05) is 19.0 Å². The fraction of sp³-hybridized carbons (Fsp3) is 0.333. The molecule has 6 heteroatoms. The molecule has 0 bridgehead atoms. The predicted octanol–water partition coefficient (Wildman–Crippen LogP) is 1.36. The van der Waals surface area contributed by atoms with Crippen molar-refractivity contribution in [1.29, 1.82) is 0 Å². The van der Waals surface area contributed by atoms with Gasteiger partial charge in [-0.25, -0.2) is 9.78 Å². The molecule has 1 rings (SSSR count). The summed E-state index contributed by atoms with van der Waals surface area (Å²) in [5.41, 5.74) is 5.87. The molecule has 0 fully saturated rings. The van der Waals surface area contributed by atoms with Crippen molar-refractivity contribution in [1.82, 2.24) is 9.88 Å². The normalized spacial score (nSPS) is 10.4. The molecular weight excluding hydrogens is 262 g/mol. The summed E-state index contributed by atoms with van der Waals surface area (Å²) in [5, 5.41) is 0. The number of primary amides is 1. The van der Waals surface area contributed by atoms with Crippen molar-refractivity contribution in [3.63, 3.8) is 0 Å². The van der Waals surface area contributed by atoms with Crippen molar-refractivity contribution in [2.24, 2.45) is 5.73 Å². The molecule has 1 heterocycles. The highest BCUT2D eigenvalue weighted by molar-refractivity contribution is 9.10. The lowest BCUT2D eigenvalue weighted by atomic mass is 10.2. The number of nitrogens with two attached hydrogens (primary N) is 1. The van der Waals surface area contributed by atoms with Gasteiger partial charge in [0.15, 0.2) is 0 Å². The van der Waals surface area contributed by atoms with E-state index >= 15 is 0 Å². The molecule has 0 saturated heterocycles. The first-order chi connectivity index (χ1) is 6.99. The van der Waals surface area contributed by atoms with E-state index in [-0.39, 0.29) is 5.88 Å². The van der Waals surface area contributed by atoms with E-state index in [4.69, 9.17) is 5.73 Å². The molecule has 15 heavy (non-hydrogen) atoms. The SMILES string of the molecule is CN(C)Cc1cc(OC(N)=O)ncc1Br.